The normalized spacial score (nSPS) is 14.1. The van der Waals surface area contributed by atoms with E-state index in [9.17, 15) is 4.79 Å². The van der Waals surface area contributed by atoms with Crippen LogP contribution in [0.3, 0.4) is 0 Å². The lowest BCUT2D eigenvalue weighted by Crippen LogP contribution is -2.40. The molecule has 0 radical (unpaired) electrons. The van der Waals surface area contributed by atoms with Gasteiger partial charge in [-0.1, -0.05) is 34.1 Å². The van der Waals surface area contributed by atoms with Crippen LogP contribution < -0.4 is 0 Å². The zero-order chi connectivity index (χ0) is 17.8. The Balaban J connectivity index is 2.34. The minimum atomic E-state index is -1.64. The summed E-state index contributed by atoms with van der Waals surface area (Å²) in [5.41, 5.74) is 0.593. The highest BCUT2D eigenvalue weighted by molar-refractivity contribution is 6.74. The third-order valence-corrected chi connectivity index (χ3v) is 9.65. The first-order valence-corrected chi connectivity index (χ1v) is 11.5. The van der Waals surface area contributed by atoms with E-state index in [4.69, 9.17) is 4.43 Å². The van der Waals surface area contributed by atoms with Gasteiger partial charge in [-0.05, 0) is 37.9 Å². The number of hydrogen-bond acceptors (Lipinski definition) is 3. The van der Waals surface area contributed by atoms with E-state index >= 15 is 0 Å². The fourth-order valence-corrected chi connectivity index (χ4v) is 3.25. The summed E-state index contributed by atoms with van der Waals surface area (Å²) in [6.45, 7) is 16.1. The average Bonchev–Trinajstić information content (AvgIpc) is 2.75. The highest BCUT2D eigenvalue weighted by Crippen LogP contribution is 2.36. The Kier molecular flexibility index (Phi) is 6.78. The van der Waals surface area contributed by atoms with E-state index < -0.39 is 8.32 Å². The van der Waals surface area contributed by atoms with Gasteiger partial charge in [0.05, 0.1) is 0 Å². The van der Waals surface area contributed by atoms with Crippen molar-refractivity contribution in [1.82, 2.24) is 9.55 Å². The second kappa shape index (κ2) is 7.75. The van der Waals surface area contributed by atoms with Gasteiger partial charge in [0.1, 0.15) is 11.5 Å². The Morgan fingerprint density at radius 1 is 1.35 bits per heavy atom. The Morgan fingerprint density at radius 3 is 2.43 bits per heavy atom. The molecule has 0 fully saturated rings. The third-order valence-electron chi connectivity index (χ3n) is 5.11. The van der Waals surface area contributed by atoms with Gasteiger partial charge in [0.15, 0.2) is 14.1 Å². The molecule has 0 N–H and O–H groups in total. The number of aromatic nitrogens is 2. The highest BCUT2D eigenvalue weighted by atomic mass is 28.4. The molecule has 0 spiro atoms. The number of carbonyl (C=O) groups is 1. The average molecular weight is 339 g/mol. The van der Waals surface area contributed by atoms with Crippen molar-refractivity contribution in [1.29, 1.82) is 0 Å². The molecular weight excluding hydrogens is 304 g/mol. The van der Waals surface area contributed by atoms with Gasteiger partial charge in [-0.3, -0.25) is 4.79 Å². The van der Waals surface area contributed by atoms with Crippen LogP contribution in [0.25, 0.3) is 0 Å². The van der Waals surface area contributed by atoms with Crippen LogP contribution in [0, 0.1) is 12.8 Å². The number of hydrogen-bond donors (Lipinski definition) is 0. The van der Waals surface area contributed by atoms with E-state index in [0.29, 0.717) is 5.69 Å². The molecule has 0 amide bonds. The van der Waals surface area contributed by atoms with Crippen molar-refractivity contribution < 1.29 is 9.22 Å². The Labute approximate surface area is 142 Å². The van der Waals surface area contributed by atoms with E-state index in [1.54, 1.807) is 0 Å². The second-order valence-corrected chi connectivity index (χ2v) is 13.0. The zero-order valence-electron chi connectivity index (χ0n) is 16.2. The van der Waals surface area contributed by atoms with Crippen LogP contribution in [0.1, 0.15) is 63.3 Å². The molecule has 1 atom stereocenters. The topological polar surface area (TPSA) is 44.1 Å². The summed E-state index contributed by atoms with van der Waals surface area (Å²) in [6, 6.07) is 0. The van der Waals surface area contributed by atoms with Gasteiger partial charge in [-0.2, -0.15) is 0 Å². The molecule has 23 heavy (non-hydrogen) atoms. The summed E-state index contributed by atoms with van der Waals surface area (Å²) >= 11 is 0. The van der Waals surface area contributed by atoms with Crippen molar-refractivity contribution >= 4 is 14.1 Å². The summed E-state index contributed by atoms with van der Waals surface area (Å²) in [5.74, 6) is 1.06. The van der Waals surface area contributed by atoms with Crippen LogP contribution in [0.2, 0.25) is 18.1 Å². The molecule has 0 bridgehead atoms. The van der Waals surface area contributed by atoms with Crippen molar-refractivity contribution in [3.8, 4) is 0 Å². The van der Waals surface area contributed by atoms with Gasteiger partial charge >= 0.3 is 0 Å². The standard InChI is InChI=1S/C18H34N2O2Si/c1-14(17(21)16-13-20(6)15(2)19-16)11-9-10-12-22-23(7,8)18(3,4)5/h13-14H,9-12H2,1-8H3. The fraction of sp³-hybridized carbons (Fsp3) is 0.778. The first-order chi connectivity index (χ1) is 10.5. The predicted octanol–water partition coefficient (Wildman–Crippen LogP) is 4.74. The molecule has 0 aliphatic heterocycles. The van der Waals surface area contributed by atoms with E-state index in [0.717, 1.165) is 31.7 Å². The summed E-state index contributed by atoms with van der Waals surface area (Å²) in [6.07, 6.45) is 4.77. The number of Topliss-reactive ketones (excluding diaryl/α,β-unsaturated/α-hetero) is 1. The molecule has 5 heteroatoms. The Hall–Kier alpha value is -0.943. The van der Waals surface area contributed by atoms with Crippen LogP contribution in [-0.4, -0.2) is 30.3 Å². The monoisotopic (exact) mass is 338 g/mol. The van der Waals surface area contributed by atoms with Crippen LogP contribution in [0.5, 0.6) is 0 Å². The van der Waals surface area contributed by atoms with Gasteiger partial charge in [0.25, 0.3) is 0 Å². The number of imidazole rings is 1. The Bertz CT molecular complexity index is 510. The van der Waals surface area contributed by atoms with Gasteiger partial charge in [-0.25, -0.2) is 4.98 Å². The number of ketones is 1. The van der Waals surface area contributed by atoms with Crippen LogP contribution in [0.4, 0.5) is 0 Å². The smallest absolute Gasteiger partial charge is 0.191 e. The van der Waals surface area contributed by atoms with Crippen molar-refractivity contribution in [2.24, 2.45) is 13.0 Å². The fourth-order valence-electron chi connectivity index (χ4n) is 2.16. The summed E-state index contributed by atoms with van der Waals surface area (Å²) in [5, 5.41) is 0.257. The molecule has 1 aromatic heterocycles. The predicted molar refractivity (Wildman–Crippen MR) is 98.4 cm³/mol. The van der Waals surface area contributed by atoms with Crippen LogP contribution in [-0.2, 0) is 11.5 Å². The summed E-state index contributed by atoms with van der Waals surface area (Å²) in [7, 11) is 0.279. The number of rotatable bonds is 8. The van der Waals surface area contributed by atoms with E-state index in [1.165, 1.54) is 0 Å². The molecule has 1 heterocycles. The summed E-state index contributed by atoms with van der Waals surface area (Å²) < 4.78 is 8.07. The lowest BCUT2D eigenvalue weighted by atomic mass is 9.98. The molecule has 0 saturated carbocycles. The lowest BCUT2D eigenvalue weighted by molar-refractivity contribution is 0.0916. The van der Waals surface area contributed by atoms with E-state index in [1.807, 2.05) is 31.7 Å². The van der Waals surface area contributed by atoms with Gasteiger partial charge in [0.2, 0.25) is 0 Å². The molecular formula is C18H34N2O2Si. The Morgan fingerprint density at radius 2 is 1.96 bits per heavy atom. The molecule has 1 unspecified atom stereocenters. The molecule has 132 valence electrons. The number of nitrogens with zero attached hydrogens (tertiary/aromatic N) is 2. The maximum absolute atomic E-state index is 12.4. The zero-order valence-corrected chi connectivity index (χ0v) is 17.2. The van der Waals surface area contributed by atoms with E-state index in [-0.39, 0.29) is 16.7 Å². The first kappa shape index (κ1) is 20.1. The van der Waals surface area contributed by atoms with Crippen molar-refractivity contribution in [2.75, 3.05) is 6.61 Å². The summed E-state index contributed by atoms with van der Waals surface area (Å²) in [4.78, 5) is 16.7. The molecule has 4 nitrogen and oxygen atoms in total. The number of aryl methyl sites for hydroxylation is 2. The molecule has 0 aliphatic rings. The third kappa shape index (κ3) is 5.57. The molecule has 0 saturated heterocycles. The minimum absolute atomic E-state index is 0.0252. The van der Waals surface area contributed by atoms with Gasteiger partial charge in [0, 0.05) is 25.8 Å². The lowest BCUT2D eigenvalue weighted by Gasteiger charge is -2.36. The van der Waals surface area contributed by atoms with Crippen molar-refractivity contribution in [3.63, 3.8) is 0 Å². The molecule has 1 rings (SSSR count). The van der Waals surface area contributed by atoms with E-state index in [2.05, 4.69) is 38.8 Å². The molecule has 1 aromatic rings. The van der Waals surface area contributed by atoms with Crippen LogP contribution >= 0.6 is 0 Å². The maximum atomic E-state index is 12.4. The second-order valence-electron chi connectivity index (χ2n) is 8.15. The minimum Gasteiger partial charge on any atom is -0.417 e. The highest BCUT2D eigenvalue weighted by Gasteiger charge is 2.36. The van der Waals surface area contributed by atoms with Gasteiger partial charge < -0.3 is 8.99 Å². The molecule has 0 aromatic carbocycles. The quantitative estimate of drug-likeness (QED) is 0.391. The van der Waals surface area contributed by atoms with Crippen molar-refractivity contribution in [3.05, 3.63) is 17.7 Å². The molecule has 0 aliphatic carbocycles. The van der Waals surface area contributed by atoms with Crippen LogP contribution in [0.15, 0.2) is 6.20 Å². The number of carbonyl (C=O) groups excluding carboxylic acids is 1. The SMILES string of the molecule is Cc1nc(C(=O)C(C)CCCCO[Si](C)(C)C(C)(C)C)cn1C. The number of unbranched alkanes of at least 4 members (excludes halogenated alkanes) is 1. The van der Waals surface area contributed by atoms with Gasteiger partial charge in [-0.15, -0.1) is 0 Å². The first-order valence-electron chi connectivity index (χ1n) is 8.64. The largest absolute Gasteiger partial charge is 0.417 e. The maximum Gasteiger partial charge on any atom is 0.191 e. The van der Waals surface area contributed by atoms with Crippen molar-refractivity contribution in [2.45, 2.75) is 72.0 Å².